The number of sulfonamides is 1. The SMILES string of the molecule is O=C(CN(Cc1cccc(Cl)c1)S(=O)(=O)c1ccc(Cl)cc1)NCc1ccc(Cl)cc1Cl. The van der Waals surface area contributed by atoms with Crippen molar-refractivity contribution in [1.29, 1.82) is 0 Å². The zero-order valence-corrected chi connectivity index (χ0v) is 20.4. The molecule has 3 rings (SSSR count). The Bertz CT molecular complexity index is 1220. The number of halogens is 4. The van der Waals surface area contributed by atoms with Crippen LogP contribution in [0.1, 0.15) is 11.1 Å². The molecule has 0 spiro atoms. The van der Waals surface area contributed by atoms with Crippen molar-refractivity contribution in [2.75, 3.05) is 6.54 Å². The number of nitrogens with one attached hydrogen (secondary N) is 1. The van der Waals surface area contributed by atoms with Crippen LogP contribution in [-0.4, -0.2) is 25.2 Å². The standard InChI is InChI=1S/C22H18Cl4N2O3S/c23-17-6-8-20(9-7-17)32(30,31)28(13-15-2-1-3-18(24)10-15)14-22(29)27-12-16-4-5-19(25)11-21(16)26/h1-11H,12-14H2,(H,27,29). The predicted octanol–water partition coefficient (Wildman–Crippen LogP) is 5.81. The zero-order chi connectivity index (χ0) is 23.3. The van der Waals surface area contributed by atoms with E-state index in [4.69, 9.17) is 46.4 Å². The largest absolute Gasteiger partial charge is 0.351 e. The first-order valence-corrected chi connectivity index (χ1v) is 12.3. The van der Waals surface area contributed by atoms with Gasteiger partial charge in [0.1, 0.15) is 0 Å². The Morgan fingerprint density at radius 2 is 1.50 bits per heavy atom. The number of nitrogens with zero attached hydrogens (tertiary/aromatic N) is 1. The lowest BCUT2D eigenvalue weighted by atomic mass is 10.2. The molecule has 0 heterocycles. The van der Waals surface area contributed by atoms with E-state index in [0.29, 0.717) is 31.2 Å². The summed E-state index contributed by atoms with van der Waals surface area (Å²) in [5, 5.41) is 4.45. The van der Waals surface area contributed by atoms with Crippen molar-refractivity contribution in [1.82, 2.24) is 9.62 Å². The topological polar surface area (TPSA) is 66.5 Å². The van der Waals surface area contributed by atoms with Gasteiger partial charge in [0.2, 0.25) is 15.9 Å². The Morgan fingerprint density at radius 3 is 2.16 bits per heavy atom. The van der Waals surface area contributed by atoms with Crippen LogP contribution in [0.4, 0.5) is 0 Å². The molecule has 10 heteroatoms. The minimum absolute atomic E-state index is 0.0254. The highest BCUT2D eigenvalue weighted by Gasteiger charge is 2.27. The molecule has 0 saturated heterocycles. The number of carbonyl (C=O) groups excluding carboxylic acids is 1. The normalized spacial score (nSPS) is 11.5. The van der Waals surface area contributed by atoms with Crippen molar-refractivity contribution < 1.29 is 13.2 Å². The molecule has 0 saturated carbocycles. The van der Waals surface area contributed by atoms with Gasteiger partial charge < -0.3 is 5.32 Å². The quantitative estimate of drug-likeness (QED) is 0.399. The summed E-state index contributed by atoms with van der Waals surface area (Å²) in [5.74, 6) is -0.490. The second-order valence-corrected chi connectivity index (χ2v) is 10.5. The molecule has 1 N–H and O–H groups in total. The highest BCUT2D eigenvalue weighted by Crippen LogP contribution is 2.23. The van der Waals surface area contributed by atoms with Crippen LogP contribution in [0.5, 0.6) is 0 Å². The summed E-state index contributed by atoms with van der Waals surface area (Å²) in [4.78, 5) is 12.7. The van der Waals surface area contributed by atoms with Gasteiger partial charge in [-0.3, -0.25) is 4.79 Å². The summed E-state index contributed by atoms with van der Waals surface area (Å²) in [6.07, 6.45) is 0. The van der Waals surface area contributed by atoms with E-state index in [1.54, 1.807) is 42.5 Å². The number of rotatable bonds is 8. The third kappa shape index (κ3) is 6.61. The average molecular weight is 532 g/mol. The molecule has 3 aromatic rings. The molecule has 0 radical (unpaired) electrons. The zero-order valence-electron chi connectivity index (χ0n) is 16.6. The van der Waals surface area contributed by atoms with Crippen LogP contribution in [0.2, 0.25) is 20.1 Å². The highest BCUT2D eigenvalue weighted by atomic mass is 35.5. The monoisotopic (exact) mass is 530 g/mol. The number of carbonyl (C=O) groups is 1. The second kappa shape index (κ2) is 10.9. The molecule has 5 nitrogen and oxygen atoms in total. The molecule has 0 bridgehead atoms. The molecule has 0 atom stereocenters. The number of amides is 1. The molecule has 3 aromatic carbocycles. The first kappa shape index (κ1) is 24.8. The molecule has 0 aliphatic rings. The van der Waals surface area contributed by atoms with E-state index in [9.17, 15) is 13.2 Å². The Labute approximate surface area is 206 Å². The van der Waals surface area contributed by atoms with Gasteiger partial charge in [-0.25, -0.2) is 8.42 Å². The summed E-state index contributed by atoms with van der Waals surface area (Å²) in [5.41, 5.74) is 1.30. The molecule has 0 aliphatic heterocycles. The third-order valence-electron chi connectivity index (χ3n) is 4.51. The smallest absolute Gasteiger partial charge is 0.243 e. The number of hydrogen-bond acceptors (Lipinski definition) is 3. The van der Waals surface area contributed by atoms with E-state index in [0.717, 1.165) is 4.31 Å². The molecule has 0 unspecified atom stereocenters. The molecule has 168 valence electrons. The third-order valence-corrected chi connectivity index (χ3v) is 7.39. The maximum absolute atomic E-state index is 13.3. The van der Waals surface area contributed by atoms with Crippen LogP contribution >= 0.6 is 46.4 Å². The molecule has 0 fully saturated rings. The fraction of sp³-hybridized carbons (Fsp3) is 0.136. The average Bonchev–Trinajstić information content (AvgIpc) is 2.73. The van der Waals surface area contributed by atoms with Crippen molar-refractivity contribution in [2.45, 2.75) is 18.0 Å². The van der Waals surface area contributed by atoms with Crippen molar-refractivity contribution in [3.8, 4) is 0 Å². The van der Waals surface area contributed by atoms with E-state index in [1.165, 1.54) is 24.3 Å². The van der Waals surface area contributed by atoms with Crippen molar-refractivity contribution in [3.05, 3.63) is 97.9 Å². The van der Waals surface area contributed by atoms with Crippen LogP contribution in [0.15, 0.2) is 71.6 Å². The fourth-order valence-electron chi connectivity index (χ4n) is 2.90. The van der Waals surface area contributed by atoms with E-state index in [2.05, 4.69) is 5.32 Å². The molecular weight excluding hydrogens is 514 g/mol. The number of benzene rings is 3. The molecule has 0 aliphatic carbocycles. The Kier molecular flexibility index (Phi) is 8.44. The lowest BCUT2D eigenvalue weighted by Crippen LogP contribution is -2.40. The van der Waals surface area contributed by atoms with Gasteiger partial charge in [0.15, 0.2) is 0 Å². The van der Waals surface area contributed by atoms with Crippen LogP contribution in [-0.2, 0) is 27.9 Å². The summed E-state index contributed by atoms with van der Waals surface area (Å²) in [6, 6.07) is 17.5. The molecule has 0 aromatic heterocycles. The maximum Gasteiger partial charge on any atom is 0.243 e. The summed E-state index contributed by atoms with van der Waals surface area (Å²) in [6.45, 7) is -0.315. The Hall–Kier alpha value is -1.80. The van der Waals surface area contributed by atoms with Crippen LogP contribution < -0.4 is 5.32 Å². The van der Waals surface area contributed by atoms with Gasteiger partial charge in [-0.15, -0.1) is 0 Å². The minimum Gasteiger partial charge on any atom is -0.351 e. The first-order valence-electron chi connectivity index (χ1n) is 9.36. The summed E-state index contributed by atoms with van der Waals surface area (Å²) in [7, 11) is -3.99. The summed E-state index contributed by atoms with van der Waals surface area (Å²) >= 11 is 24.0. The second-order valence-electron chi connectivity index (χ2n) is 6.87. The Morgan fingerprint density at radius 1 is 0.844 bits per heavy atom. The molecule has 32 heavy (non-hydrogen) atoms. The highest BCUT2D eigenvalue weighted by molar-refractivity contribution is 7.89. The van der Waals surface area contributed by atoms with Crippen LogP contribution in [0, 0.1) is 0 Å². The van der Waals surface area contributed by atoms with Crippen molar-refractivity contribution in [3.63, 3.8) is 0 Å². The van der Waals surface area contributed by atoms with E-state index < -0.39 is 22.5 Å². The Balaban J connectivity index is 1.81. The van der Waals surface area contributed by atoms with Crippen LogP contribution in [0.3, 0.4) is 0 Å². The van der Waals surface area contributed by atoms with E-state index >= 15 is 0 Å². The molecular formula is C22H18Cl4N2O3S. The van der Waals surface area contributed by atoms with Gasteiger partial charge >= 0.3 is 0 Å². The van der Waals surface area contributed by atoms with Gasteiger partial charge in [0, 0.05) is 33.2 Å². The van der Waals surface area contributed by atoms with E-state index in [1.807, 2.05) is 0 Å². The van der Waals surface area contributed by atoms with Gasteiger partial charge in [0.05, 0.1) is 11.4 Å². The maximum atomic E-state index is 13.3. The lowest BCUT2D eigenvalue weighted by molar-refractivity contribution is -0.121. The van der Waals surface area contributed by atoms with Gasteiger partial charge in [-0.1, -0.05) is 64.6 Å². The van der Waals surface area contributed by atoms with Crippen LogP contribution in [0.25, 0.3) is 0 Å². The molecule has 1 amide bonds. The van der Waals surface area contributed by atoms with Gasteiger partial charge in [0.25, 0.3) is 0 Å². The van der Waals surface area contributed by atoms with E-state index in [-0.39, 0.29) is 18.0 Å². The predicted molar refractivity (Wildman–Crippen MR) is 129 cm³/mol. The van der Waals surface area contributed by atoms with Gasteiger partial charge in [-0.05, 0) is 59.7 Å². The minimum atomic E-state index is -3.99. The summed E-state index contributed by atoms with van der Waals surface area (Å²) < 4.78 is 27.6. The van der Waals surface area contributed by atoms with Gasteiger partial charge in [-0.2, -0.15) is 4.31 Å². The fourth-order valence-corrected chi connectivity index (χ4v) is 5.09. The van der Waals surface area contributed by atoms with Crippen molar-refractivity contribution >= 4 is 62.3 Å². The lowest BCUT2D eigenvalue weighted by Gasteiger charge is -2.22. The first-order chi connectivity index (χ1) is 15.1. The van der Waals surface area contributed by atoms with Crippen molar-refractivity contribution in [2.24, 2.45) is 0 Å². The number of hydrogen-bond donors (Lipinski definition) is 1.